The van der Waals surface area contributed by atoms with Crippen LogP contribution in [-0.4, -0.2) is 97.1 Å². The van der Waals surface area contributed by atoms with Gasteiger partial charge in [0.1, 0.15) is 24.4 Å². The van der Waals surface area contributed by atoms with E-state index in [9.17, 15) is 19.2 Å². The lowest BCUT2D eigenvalue weighted by molar-refractivity contribution is -0.161. The molecule has 5 heterocycles. The zero-order chi connectivity index (χ0) is 38.4. The molecule has 0 radical (unpaired) electrons. The van der Waals surface area contributed by atoms with E-state index in [-0.39, 0.29) is 97.1 Å². The largest absolute Gasteiger partial charge is 0.462 e. The summed E-state index contributed by atoms with van der Waals surface area (Å²) in [6, 6.07) is 0. The SMILES string of the molecule is CC[C@H]1C[C@@H]2CC[C@H](O2)[C@@H](C)C(=O)O[C@@H](C)C[C@@H]2CC[C@@H](O2)[C@H](C)C(=O)O[C@@H](C)C[C@@H]2CC[C@H](O2)[C@H](C)C(=O)O[C@@H](C)C[C@@H]2CC[C@H](O2)[C@H](C)C(=O)O1. The second-order valence-corrected chi connectivity index (χ2v) is 16.8. The van der Waals surface area contributed by atoms with Gasteiger partial charge in [0.05, 0.1) is 72.5 Å². The molecule has 0 unspecified atom stereocenters. The van der Waals surface area contributed by atoms with Gasteiger partial charge in [-0.05, 0) is 106 Å². The van der Waals surface area contributed by atoms with Gasteiger partial charge in [-0.2, -0.15) is 0 Å². The molecule has 5 aliphatic heterocycles. The monoisotopic (exact) mass is 750 g/mol. The second kappa shape index (κ2) is 19.0. The summed E-state index contributed by atoms with van der Waals surface area (Å²) in [5.41, 5.74) is 0. The number of cyclic esters (lactones) is 4. The van der Waals surface area contributed by atoms with Crippen LogP contribution in [0, 0.1) is 23.7 Å². The van der Waals surface area contributed by atoms with Gasteiger partial charge in [0, 0.05) is 25.7 Å². The highest BCUT2D eigenvalue weighted by molar-refractivity contribution is 5.74. The van der Waals surface area contributed by atoms with E-state index >= 15 is 0 Å². The van der Waals surface area contributed by atoms with Crippen LogP contribution < -0.4 is 0 Å². The fourth-order valence-electron chi connectivity index (χ4n) is 8.74. The highest BCUT2D eigenvalue weighted by atomic mass is 16.6. The maximum Gasteiger partial charge on any atom is 0.311 e. The fourth-order valence-corrected chi connectivity index (χ4v) is 8.74. The lowest BCUT2D eigenvalue weighted by atomic mass is 10.00. The Balaban J connectivity index is 1.21. The van der Waals surface area contributed by atoms with Crippen molar-refractivity contribution in [2.24, 2.45) is 23.7 Å². The number of hydrogen-bond donors (Lipinski definition) is 0. The van der Waals surface area contributed by atoms with Crippen LogP contribution in [0.1, 0.15) is 139 Å². The van der Waals surface area contributed by atoms with E-state index in [1.807, 2.05) is 55.4 Å². The van der Waals surface area contributed by atoms with Crippen molar-refractivity contribution in [2.75, 3.05) is 0 Å². The fraction of sp³-hybridized carbons (Fsp3) is 0.902. The maximum atomic E-state index is 13.3. The van der Waals surface area contributed by atoms with Crippen molar-refractivity contribution in [3.05, 3.63) is 0 Å². The molecule has 302 valence electrons. The Labute approximate surface area is 316 Å². The second-order valence-electron chi connectivity index (χ2n) is 16.8. The molecule has 0 amide bonds. The number of hydrogen-bond acceptors (Lipinski definition) is 12. The Morgan fingerprint density at radius 3 is 0.943 bits per heavy atom. The predicted octanol–water partition coefficient (Wildman–Crippen LogP) is 6.41. The molecule has 8 bridgehead atoms. The minimum atomic E-state index is -0.435. The molecule has 0 spiro atoms. The zero-order valence-electron chi connectivity index (χ0n) is 33.3. The normalized spacial score (nSPS) is 44.6. The Morgan fingerprint density at radius 2 is 0.660 bits per heavy atom. The number of fused-ring (bicyclic) bond motifs is 8. The number of carbonyl (C=O) groups is 4. The molecule has 0 aromatic carbocycles. The van der Waals surface area contributed by atoms with Gasteiger partial charge < -0.3 is 37.9 Å². The molecule has 5 saturated heterocycles. The van der Waals surface area contributed by atoms with Crippen molar-refractivity contribution < 1.29 is 57.1 Å². The molecule has 12 heteroatoms. The third kappa shape index (κ3) is 11.4. The molecule has 5 fully saturated rings. The first-order chi connectivity index (χ1) is 25.2. The van der Waals surface area contributed by atoms with Gasteiger partial charge >= 0.3 is 23.9 Å². The summed E-state index contributed by atoms with van der Waals surface area (Å²) >= 11 is 0. The van der Waals surface area contributed by atoms with Crippen LogP contribution in [0.25, 0.3) is 0 Å². The first-order valence-corrected chi connectivity index (χ1v) is 20.6. The van der Waals surface area contributed by atoms with Gasteiger partial charge in [-0.25, -0.2) is 0 Å². The van der Waals surface area contributed by atoms with E-state index in [0.717, 1.165) is 51.4 Å². The third-order valence-electron chi connectivity index (χ3n) is 12.3. The molecule has 0 aromatic rings. The van der Waals surface area contributed by atoms with Crippen LogP contribution in [0.5, 0.6) is 0 Å². The summed E-state index contributed by atoms with van der Waals surface area (Å²) in [6.45, 7) is 15.0. The summed E-state index contributed by atoms with van der Waals surface area (Å²) < 4.78 is 48.7. The summed E-state index contributed by atoms with van der Waals surface area (Å²) in [6.07, 6.45) is 5.97. The Kier molecular flexibility index (Phi) is 15.0. The van der Waals surface area contributed by atoms with Gasteiger partial charge in [0.2, 0.25) is 0 Å². The van der Waals surface area contributed by atoms with E-state index in [4.69, 9.17) is 37.9 Å². The molecular formula is C41H66O12. The minimum Gasteiger partial charge on any atom is -0.462 e. The van der Waals surface area contributed by atoms with Gasteiger partial charge in [0.25, 0.3) is 0 Å². The number of rotatable bonds is 1. The highest BCUT2D eigenvalue weighted by Gasteiger charge is 2.41. The first-order valence-electron chi connectivity index (χ1n) is 20.6. The zero-order valence-corrected chi connectivity index (χ0v) is 33.3. The molecule has 53 heavy (non-hydrogen) atoms. The summed E-state index contributed by atoms with van der Waals surface area (Å²) in [5, 5.41) is 0. The van der Waals surface area contributed by atoms with Crippen molar-refractivity contribution in [3.63, 3.8) is 0 Å². The summed E-state index contributed by atoms with van der Waals surface area (Å²) in [4.78, 5) is 52.7. The standard InChI is InChI=1S/C41H66O12/c1-9-29-21-33-13-17-36(52-33)27(7)40(44)48-23(3)19-31-11-15-34(50-31)25(5)38(42)46-22(2)18-30-10-14-35(49-30)26(6)39(43)47-24(4)20-32-12-16-37(51-32)28(8)41(45)53-29/h22-37H,9-21H2,1-8H3/t22-,23-,24-,25-,26-,27+,28-,29-,30-,31-,32-,33-,34+,35-,36-,37-/m0/s1. The summed E-state index contributed by atoms with van der Waals surface area (Å²) in [7, 11) is 0. The van der Waals surface area contributed by atoms with Gasteiger partial charge in [0.15, 0.2) is 0 Å². The minimum absolute atomic E-state index is 0.115. The van der Waals surface area contributed by atoms with Gasteiger partial charge in [-0.3, -0.25) is 19.2 Å². The lowest BCUT2D eigenvalue weighted by Gasteiger charge is -2.26. The molecule has 0 aliphatic carbocycles. The quantitative estimate of drug-likeness (QED) is 0.216. The van der Waals surface area contributed by atoms with E-state index in [1.54, 1.807) is 0 Å². The molecule has 0 aromatic heterocycles. The molecule has 5 aliphatic rings. The Morgan fingerprint density at radius 1 is 0.396 bits per heavy atom. The molecule has 0 saturated carbocycles. The average Bonchev–Trinajstić information content (AvgIpc) is 3.94. The van der Waals surface area contributed by atoms with E-state index < -0.39 is 23.7 Å². The smallest absolute Gasteiger partial charge is 0.311 e. The number of ether oxygens (including phenoxy) is 8. The van der Waals surface area contributed by atoms with Crippen molar-refractivity contribution in [1.82, 2.24) is 0 Å². The van der Waals surface area contributed by atoms with Crippen LogP contribution in [0.2, 0.25) is 0 Å². The van der Waals surface area contributed by atoms with Crippen LogP contribution in [-0.2, 0) is 57.1 Å². The van der Waals surface area contributed by atoms with Crippen molar-refractivity contribution in [1.29, 1.82) is 0 Å². The van der Waals surface area contributed by atoms with Crippen LogP contribution >= 0.6 is 0 Å². The molecular weight excluding hydrogens is 684 g/mol. The predicted molar refractivity (Wildman–Crippen MR) is 194 cm³/mol. The maximum absolute atomic E-state index is 13.3. The Hall–Kier alpha value is -2.28. The van der Waals surface area contributed by atoms with E-state index in [1.165, 1.54) is 0 Å². The molecule has 16 atom stereocenters. The van der Waals surface area contributed by atoms with Crippen molar-refractivity contribution in [3.8, 4) is 0 Å². The molecule has 5 rings (SSSR count). The van der Waals surface area contributed by atoms with E-state index in [0.29, 0.717) is 32.1 Å². The van der Waals surface area contributed by atoms with E-state index in [2.05, 4.69) is 0 Å². The topological polar surface area (TPSA) is 142 Å². The molecule has 12 nitrogen and oxygen atoms in total. The van der Waals surface area contributed by atoms with Crippen LogP contribution in [0.15, 0.2) is 0 Å². The number of carbonyl (C=O) groups excluding carboxylic acids is 4. The van der Waals surface area contributed by atoms with Crippen LogP contribution in [0.4, 0.5) is 0 Å². The molecule has 0 N–H and O–H groups in total. The Bertz CT molecular complexity index is 1240. The summed E-state index contributed by atoms with van der Waals surface area (Å²) in [5.74, 6) is -2.91. The number of esters is 4. The van der Waals surface area contributed by atoms with Gasteiger partial charge in [-0.15, -0.1) is 0 Å². The third-order valence-corrected chi connectivity index (χ3v) is 12.3. The average molecular weight is 751 g/mol. The highest BCUT2D eigenvalue weighted by Crippen LogP contribution is 2.35. The lowest BCUT2D eigenvalue weighted by Crippen LogP contribution is -2.34. The van der Waals surface area contributed by atoms with Crippen molar-refractivity contribution >= 4 is 23.9 Å². The first kappa shape index (κ1) is 41.9. The van der Waals surface area contributed by atoms with Crippen molar-refractivity contribution in [2.45, 2.75) is 212 Å². The van der Waals surface area contributed by atoms with Crippen LogP contribution in [0.3, 0.4) is 0 Å². The van der Waals surface area contributed by atoms with Gasteiger partial charge in [-0.1, -0.05) is 6.92 Å².